The van der Waals surface area contributed by atoms with Gasteiger partial charge in [0.05, 0.1) is 5.75 Å². The molecular weight excluding hydrogens is 469 g/mol. The quantitative estimate of drug-likeness (QED) is 0.308. The number of thioether (sulfide) groups is 1. The van der Waals surface area contributed by atoms with Crippen molar-refractivity contribution in [1.82, 2.24) is 14.8 Å². The van der Waals surface area contributed by atoms with Crippen molar-refractivity contribution in [2.24, 2.45) is 0 Å². The Bertz CT molecular complexity index is 1060. The number of hydrogen-bond acceptors (Lipinski definition) is 5. The number of anilines is 1. The highest BCUT2D eigenvalue weighted by molar-refractivity contribution is 7.99. The predicted octanol–water partition coefficient (Wildman–Crippen LogP) is 5.77. The van der Waals surface area contributed by atoms with E-state index in [4.69, 9.17) is 23.2 Å². The molecule has 3 aromatic rings. The van der Waals surface area contributed by atoms with Crippen LogP contribution in [0.4, 0.5) is 14.5 Å². The van der Waals surface area contributed by atoms with Gasteiger partial charge < -0.3 is 10.1 Å². The fourth-order valence-corrected chi connectivity index (χ4v) is 3.92. The summed E-state index contributed by atoms with van der Waals surface area (Å²) in [6, 6.07) is 10.8. The summed E-state index contributed by atoms with van der Waals surface area (Å²) in [6.45, 7) is 1.23. The third-order valence-electron chi connectivity index (χ3n) is 3.84. The highest BCUT2D eigenvalue weighted by Gasteiger charge is 2.16. The van der Waals surface area contributed by atoms with Crippen molar-refractivity contribution in [3.05, 3.63) is 65.2 Å². The molecule has 2 aromatic carbocycles. The average molecular weight is 485 g/mol. The van der Waals surface area contributed by atoms with Crippen molar-refractivity contribution in [2.75, 3.05) is 11.1 Å². The zero-order valence-electron chi connectivity index (χ0n) is 15.9. The number of carbonyl (C=O) groups excluding carboxylic acids is 1. The van der Waals surface area contributed by atoms with E-state index in [0.29, 0.717) is 38.8 Å². The van der Waals surface area contributed by atoms with E-state index in [1.807, 2.05) is 0 Å². The van der Waals surface area contributed by atoms with Gasteiger partial charge in [0, 0.05) is 27.8 Å². The lowest BCUT2D eigenvalue weighted by molar-refractivity contribution is -0.113. The van der Waals surface area contributed by atoms with Gasteiger partial charge in [0.25, 0.3) is 0 Å². The molecule has 0 unspecified atom stereocenters. The largest absolute Gasteiger partial charge is 0.435 e. The van der Waals surface area contributed by atoms with Crippen molar-refractivity contribution in [1.29, 1.82) is 0 Å². The number of rotatable bonds is 9. The second-order valence-corrected chi connectivity index (χ2v) is 7.92. The third kappa shape index (κ3) is 6.43. The van der Waals surface area contributed by atoms with Crippen LogP contribution in [0.1, 0.15) is 0 Å². The molecule has 0 aliphatic rings. The lowest BCUT2D eigenvalue weighted by Crippen LogP contribution is -2.14. The Hall–Kier alpha value is -2.62. The van der Waals surface area contributed by atoms with Crippen LogP contribution in [0.2, 0.25) is 10.0 Å². The molecule has 0 fully saturated rings. The van der Waals surface area contributed by atoms with Gasteiger partial charge >= 0.3 is 6.61 Å². The molecule has 0 aliphatic heterocycles. The number of hydrogen-bond donors (Lipinski definition) is 1. The number of amides is 1. The van der Waals surface area contributed by atoms with Crippen LogP contribution in [-0.4, -0.2) is 33.0 Å². The van der Waals surface area contributed by atoms with Crippen LogP contribution in [0.5, 0.6) is 5.75 Å². The SMILES string of the molecule is C=CCn1c(SCC(=O)Nc2cc(Cl)cc(Cl)c2)nnc1-c1ccc(OC(F)F)cc1. The molecule has 0 aliphatic carbocycles. The Morgan fingerprint density at radius 3 is 2.48 bits per heavy atom. The molecule has 3 rings (SSSR count). The molecule has 1 N–H and O–H groups in total. The number of nitrogens with one attached hydrogen (secondary N) is 1. The average Bonchev–Trinajstić information content (AvgIpc) is 3.09. The Balaban J connectivity index is 1.71. The maximum Gasteiger partial charge on any atom is 0.387 e. The number of alkyl halides is 2. The van der Waals surface area contributed by atoms with Gasteiger partial charge in [-0.2, -0.15) is 8.78 Å². The van der Waals surface area contributed by atoms with E-state index in [-0.39, 0.29) is 17.4 Å². The zero-order valence-corrected chi connectivity index (χ0v) is 18.2. The van der Waals surface area contributed by atoms with Crippen LogP contribution >= 0.6 is 35.0 Å². The molecule has 0 bridgehead atoms. The van der Waals surface area contributed by atoms with Gasteiger partial charge in [-0.3, -0.25) is 9.36 Å². The van der Waals surface area contributed by atoms with Crippen molar-refractivity contribution in [2.45, 2.75) is 18.3 Å². The number of ether oxygens (including phenoxy) is 1. The van der Waals surface area contributed by atoms with E-state index in [1.54, 1.807) is 41.0 Å². The van der Waals surface area contributed by atoms with Crippen molar-refractivity contribution in [3.8, 4) is 17.1 Å². The molecule has 1 aromatic heterocycles. The first-order valence-electron chi connectivity index (χ1n) is 8.84. The smallest absolute Gasteiger partial charge is 0.387 e. The molecule has 162 valence electrons. The molecule has 0 saturated heterocycles. The van der Waals surface area contributed by atoms with Gasteiger partial charge in [0.15, 0.2) is 11.0 Å². The van der Waals surface area contributed by atoms with Crippen LogP contribution in [-0.2, 0) is 11.3 Å². The van der Waals surface area contributed by atoms with Gasteiger partial charge in [-0.15, -0.1) is 16.8 Å². The van der Waals surface area contributed by atoms with Crippen LogP contribution in [0.15, 0.2) is 60.3 Å². The number of nitrogens with zero attached hydrogens (tertiary/aromatic N) is 3. The van der Waals surface area contributed by atoms with E-state index < -0.39 is 6.61 Å². The first-order valence-corrected chi connectivity index (χ1v) is 10.6. The first kappa shape index (κ1) is 23.1. The molecule has 0 spiro atoms. The molecule has 31 heavy (non-hydrogen) atoms. The van der Waals surface area contributed by atoms with Gasteiger partial charge in [-0.25, -0.2) is 0 Å². The highest BCUT2D eigenvalue weighted by Crippen LogP contribution is 2.27. The lowest BCUT2D eigenvalue weighted by atomic mass is 10.2. The zero-order chi connectivity index (χ0) is 22.4. The summed E-state index contributed by atoms with van der Waals surface area (Å²) in [6.07, 6.45) is 1.67. The van der Waals surface area contributed by atoms with Crippen LogP contribution < -0.4 is 10.1 Å². The molecule has 6 nitrogen and oxygen atoms in total. The predicted molar refractivity (Wildman–Crippen MR) is 118 cm³/mol. The summed E-state index contributed by atoms with van der Waals surface area (Å²) < 4.78 is 30.8. The van der Waals surface area contributed by atoms with Crippen molar-refractivity contribution < 1.29 is 18.3 Å². The number of aromatic nitrogens is 3. The standard InChI is InChI=1S/C20H16Cl2F2N4O2S/c1-2-7-28-18(12-3-5-16(6-4-12)30-19(23)24)26-27-20(28)31-11-17(29)25-15-9-13(21)8-14(22)10-15/h2-6,8-10,19H,1,7,11H2,(H,25,29). The van der Waals surface area contributed by atoms with Crippen molar-refractivity contribution >= 4 is 46.6 Å². The maximum atomic E-state index is 12.3. The number of carbonyl (C=O) groups is 1. The van der Waals surface area contributed by atoms with Gasteiger partial charge in [-0.05, 0) is 42.5 Å². The fraction of sp³-hybridized carbons (Fsp3) is 0.150. The van der Waals surface area contributed by atoms with E-state index in [9.17, 15) is 13.6 Å². The minimum absolute atomic E-state index is 0.0425. The van der Waals surface area contributed by atoms with Crippen LogP contribution in [0, 0.1) is 0 Å². The molecule has 0 atom stereocenters. The molecule has 1 amide bonds. The Labute approximate surface area is 191 Å². The summed E-state index contributed by atoms with van der Waals surface area (Å²) in [5, 5.41) is 12.4. The van der Waals surface area contributed by atoms with E-state index in [0.717, 1.165) is 0 Å². The number of halogens is 4. The molecule has 11 heteroatoms. The number of allylic oxidation sites excluding steroid dienone is 1. The third-order valence-corrected chi connectivity index (χ3v) is 5.25. The van der Waals surface area contributed by atoms with E-state index in [1.165, 1.54) is 23.9 Å². The monoisotopic (exact) mass is 484 g/mol. The Morgan fingerprint density at radius 2 is 1.87 bits per heavy atom. The highest BCUT2D eigenvalue weighted by atomic mass is 35.5. The van der Waals surface area contributed by atoms with Crippen LogP contribution in [0.25, 0.3) is 11.4 Å². The van der Waals surface area contributed by atoms with Gasteiger partial charge in [0.2, 0.25) is 5.91 Å². The summed E-state index contributed by atoms with van der Waals surface area (Å²) >= 11 is 13.1. The van der Waals surface area contributed by atoms with E-state index in [2.05, 4.69) is 26.8 Å². The minimum atomic E-state index is -2.90. The molecule has 0 radical (unpaired) electrons. The minimum Gasteiger partial charge on any atom is -0.435 e. The molecular formula is C20H16Cl2F2N4O2S. The Kier molecular flexibility index (Phi) is 7.89. The van der Waals surface area contributed by atoms with Crippen molar-refractivity contribution in [3.63, 3.8) is 0 Å². The summed E-state index contributed by atoms with van der Waals surface area (Å²) in [5.74, 6) is 0.348. The summed E-state index contributed by atoms with van der Waals surface area (Å²) in [5.41, 5.74) is 1.14. The number of benzene rings is 2. The first-order chi connectivity index (χ1) is 14.9. The normalized spacial score (nSPS) is 10.9. The lowest BCUT2D eigenvalue weighted by Gasteiger charge is -2.09. The maximum absolute atomic E-state index is 12.3. The Morgan fingerprint density at radius 1 is 1.19 bits per heavy atom. The topological polar surface area (TPSA) is 69.0 Å². The summed E-state index contributed by atoms with van der Waals surface area (Å²) in [7, 11) is 0. The van der Waals surface area contributed by atoms with E-state index >= 15 is 0 Å². The van der Waals surface area contributed by atoms with Crippen LogP contribution in [0.3, 0.4) is 0 Å². The van der Waals surface area contributed by atoms with Gasteiger partial charge in [-0.1, -0.05) is 41.0 Å². The fourth-order valence-electron chi connectivity index (χ4n) is 2.64. The molecule has 1 heterocycles. The second kappa shape index (κ2) is 10.6. The molecule has 0 saturated carbocycles. The summed E-state index contributed by atoms with van der Waals surface area (Å²) in [4.78, 5) is 12.3. The van der Waals surface area contributed by atoms with Gasteiger partial charge in [0.1, 0.15) is 5.75 Å². The second-order valence-electron chi connectivity index (χ2n) is 6.10.